The Morgan fingerprint density at radius 1 is 1.61 bits per heavy atom. The highest BCUT2D eigenvalue weighted by atomic mass is 16.5. The van der Waals surface area contributed by atoms with E-state index in [1.54, 1.807) is 19.4 Å². The molecule has 6 heteroatoms. The quantitative estimate of drug-likeness (QED) is 0.758. The summed E-state index contributed by atoms with van der Waals surface area (Å²) in [5, 5.41) is 5.98. The fraction of sp³-hybridized carbons (Fsp3) is 0.529. The molecule has 0 spiro atoms. The van der Waals surface area contributed by atoms with Crippen molar-refractivity contribution in [3.63, 3.8) is 0 Å². The molecule has 1 aliphatic rings. The van der Waals surface area contributed by atoms with Crippen LogP contribution in [-0.2, 0) is 4.74 Å². The summed E-state index contributed by atoms with van der Waals surface area (Å²) in [4.78, 5) is 16.4. The van der Waals surface area contributed by atoms with Gasteiger partial charge in [0, 0.05) is 30.5 Å². The van der Waals surface area contributed by atoms with Gasteiger partial charge in [-0.1, -0.05) is 13.0 Å². The third-order valence-corrected chi connectivity index (χ3v) is 3.98. The minimum atomic E-state index is -0.182. The zero-order valence-corrected chi connectivity index (χ0v) is 13.7. The van der Waals surface area contributed by atoms with E-state index in [0.29, 0.717) is 12.5 Å². The van der Waals surface area contributed by atoms with Crippen molar-refractivity contribution in [1.29, 1.82) is 0 Å². The Morgan fingerprint density at radius 3 is 3.04 bits per heavy atom. The standard InChI is InChI=1S/C17H25N3O3/c1-4-6-13(5-2)19-17(21)20-14-9-10-23-16(14)12-7-8-15(22-3)18-11-12/h4,7-8,11,13-14,16H,1,5-6,9-10H2,2-3H3,(H2,19,20,21)/t13?,14-,16+/m0/s1. The minimum Gasteiger partial charge on any atom is -0.481 e. The fourth-order valence-corrected chi connectivity index (χ4v) is 2.67. The summed E-state index contributed by atoms with van der Waals surface area (Å²) in [6.07, 6.45) is 5.78. The Labute approximate surface area is 137 Å². The lowest BCUT2D eigenvalue weighted by Gasteiger charge is -2.22. The summed E-state index contributed by atoms with van der Waals surface area (Å²) in [7, 11) is 1.58. The van der Waals surface area contributed by atoms with E-state index in [4.69, 9.17) is 9.47 Å². The highest BCUT2D eigenvalue weighted by Gasteiger charge is 2.31. The normalized spacial score (nSPS) is 21.5. The maximum Gasteiger partial charge on any atom is 0.315 e. The number of nitrogens with one attached hydrogen (secondary N) is 2. The number of methoxy groups -OCH3 is 1. The molecule has 1 aromatic rings. The lowest BCUT2D eigenvalue weighted by atomic mass is 10.0. The Hall–Kier alpha value is -2.08. The minimum absolute atomic E-state index is 0.0635. The SMILES string of the molecule is C=CCC(CC)NC(=O)N[C@H]1CCO[C@@H]1c1ccc(OC)nc1. The van der Waals surface area contributed by atoms with Crippen LogP contribution in [0.5, 0.6) is 5.88 Å². The van der Waals surface area contributed by atoms with E-state index in [1.165, 1.54) is 0 Å². The molecule has 0 saturated carbocycles. The first-order chi connectivity index (χ1) is 11.2. The van der Waals surface area contributed by atoms with Gasteiger partial charge in [-0.3, -0.25) is 0 Å². The number of rotatable bonds is 7. The van der Waals surface area contributed by atoms with Crippen LogP contribution in [0.25, 0.3) is 0 Å². The lowest BCUT2D eigenvalue weighted by molar-refractivity contribution is 0.0994. The molecule has 2 amide bonds. The van der Waals surface area contributed by atoms with Crippen LogP contribution in [-0.4, -0.2) is 36.8 Å². The van der Waals surface area contributed by atoms with Crippen LogP contribution in [0.3, 0.4) is 0 Å². The molecule has 0 bridgehead atoms. The largest absolute Gasteiger partial charge is 0.481 e. The number of urea groups is 1. The van der Waals surface area contributed by atoms with Crippen molar-refractivity contribution >= 4 is 6.03 Å². The summed E-state index contributed by atoms with van der Waals surface area (Å²) in [6.45, 7) is 6.37. The Morgan fingerprint density at radius 2 is 2.43 bits per heavy atom. The molecule has 2 rings (SSSR count). The van der Waals surface area contributed by atoms with Gasteiger partial charge in [0.2, 0.25) is 5.88 Å². The van der Waals surface area contributed by atoms with Crippen molar-refractivity contribution in [2.24, 2.45) is 0 Å². The molecule has 0 aromatic carbocycles. The van der Waals surface area contributed by atoms with E-state index in [1.807, 2.05) is 19.1 Å². The average Bonchev–Trinajstić information content (AvgIpc) is 3.02. The van der Waals surface area contributed by atoms with Crippen molar-refractivity contribution < 1.29 is 14.3 Å². The third-order valence-electron chi connectivity index (χ3n) is 3.98. The van der Waals surface area contributed by atoms with Crippen LogP contribution in [0.1, 0.15) is 37.9 Å². The summed E-state index contributed by atoms with van der Waals surface area (Å²) in [5.41, 5.74) is 0.937. The van der Waals surface area contributed by atoms with E-state index in [0.717, 1.165) is 24.8 Å². The topological polar surface area (TPSA) is 72.5 Å². The molecule has 23 heavy (non-hydrogen) atoms. The first-order valence-corrected chi connectivity index (χ1v) is 7.97. The average molecular weight is 319 g/mol. The van der Waals surface area contributed by atoms with Crippen molar-refractivity contribution in [1.82, 2.24) is 15.6 Å². The molecule has 1 saturated heterocycles. The Balaban J connectivity index is 1.95. The molecule has 126 valence electrons. The predicted octanol–water partition coefficient (Wildman–Crippen LogP) is 2.57. The maximum atomic E-state index is 12.2. The van der Waals surface area contributed by atoms with Crippen molar-refractivity contribution in [2.45, 2.75) is 44.4 Å². The first kappa shape index (κ1) is 17.3. The Bertz CT molecular complexity index is 518. The van der Waals surface area contributed by atoms with E-state index in [9.17, 15) is 4.79 Å². The van der Waals surface area contributed by atoms with E-state index in [2.05, 4.69) is 22.2 Å². The van der Waals surface area contributed by atoms with Crippen LogP contribution < -0.4 is 15.4 Å². The van der Waals surface area contributed by atoms with Gasteiger partial charge in [-0.05, 0) is 25.3 Å². The summed E-state index contributed by atoms with van der Waals surface area (Å²) in [5.74, 6) is 0.559. The number of amides is 2. The van der Waals surface area contributed by atoms with Crippen LogP contribution in [0, 0.1) is 0 Å². The van der Waals surface area contributed by atoms with E-state index < -0.39 is 0 Å². The number of hydrogen-bond donors (Lipinski definition) is 2. The molecule has 2 heterocycles. The number of ether oxygens (including phenoxy) is 2. The second kappa shape index (κ2) is 8.53. The second-order valence-corrected chi connectivity index (χ2v) is 5.57. The zero-order chi connectivity index (χ0) is 16.7. The van der Waals surface area contributed by atoms with Gasteiger partial charge in [-0.15, -0.1) is 6.58 Å². The van der Waals surface area contributed by atoms with Gasteiger partial charge in [0.05, 0.1) is 13.2 Å². The summed E-state index contributed by atoms with van der Waals surface area (Å²) in [6, 6.07) is 3.59. The lowest BCUT2D eigenvalue weighted by Crippen LogP contribution is -2.46. The molecule has 2 N–H and O–H groups in total. The fourth-order valence-electron chi connectivity index (χ4n) is 2.67. The van der Waals surface area contributed by atoms with Crippen LogP contribution in [0.2, 0.25) is 0 Å². The number of pyridine rings is 1. The van der Waals surface area contributed by atoms with Crippen molar-refractivity contribution in [3.05, 3.63) is 36.5 Å². The molecule has 0 aliphatic carbocycles. The molecule has 1 aromatic heterocycles. The molecular formula is C17H25N3O3. The van der Waals surface area contributed by atoms with Gasteiger partial charge < -0.3 is 20.1 Å². The van der Waals surface area contributed by atoms with Gasteiger partial charge >= 0.3 is 6.03 Å². The highest BCUT2D eigenvalue weighted by molar-refractivity contribution is 5.74. The molecule has 3 atom stereocenters. The number of hydrogen-bond acceptors (Lipinski definition) is 4. The molecule has 1 aliphatic heterocycles. The maximum absolute atomic E-state index is 12.2. The third kappa shape index (κ3) is 4.69. The second-order valence-electron chi connectivity index (χ2n) is 5.57. The van der Waals surface area contributed by atoms with Gasteiger partial charge in [0.15, 0.2) is 0 Å². The highest BCUT2D eigenvalue weighted by Crippen LogP contribution is 2.29. The van der Waals surface area contributed by atoms with Crippen LogP contribution >= 0.6 is 0 Å². The van der Waals surface area contributed by atoms with Crippen LogP contribution in [0.15, 0.2) is 31.0 Å². The van der Waals surface area contributed by atoms with Gasteiger partial charge in [0.1, 0.15) is 6.10 Å². The van der Waals surface area contributed by atoms with Crippen molar-refractivity contribution in [3.8, 4) is 5.88 Å². The molecular weight excluding hydrogens is 294 g/mol. The number of aromatic nitrogens is 1. The van der Waals surface area contributed by atoms with E-state index >= 15 is 0 Å². The number of nitrogens with zero attached hydrogens (tertiary/aromatic N) is 1. The number of carbonyl (C=O) groups excluding carboxylic acids is 1. The van der Waals surface area contributed by atoms with E-state index in [-0.39, 0.29) is 24.2 Å². The zero-order valence-electron chi connectivity index (χ0n) is 13.7. The Kier molecular flexibility index (Phi) is 6.40. The summed E-state index contributed by atoms with van der Waals surface area (Å²) >= 11 is 0. The monoisotopic (exact) mass is 319 g/mol. The van der Waals surface area contributed by atoms with Gasteiger partial charge in [-0.25, -0.2) is 9.78 Å². The first-order valence-electron chi connectivity index (χ1n) is 7.97. The van der Waals surface area contributed by atoms with Gasteiger partial charge in [-0.2, -0.15) is 0 Å². The van der Waals surface area contributed by atoms with Crippen molar-refractivity contribution in [2.75, 3.05) is 13.7 Å². The molecule has 6 nitrogen and oxygen atoms in total. The van der Waals surface area contributed by atoms with Crippen LogP contribution in [0.4, 0.5) is 4.79 Å². The smallest absolute Gasteiger partial charge is 0.315 e. The van der Waals surface area contributed by atoms with Gasteiger partial charge in [0.25, 0.3) is 0 Å². The summed E-state index contributed by atoms with van der Waals surface area (Å²) < 4.78 is 10.8. The molecule has 1 fully saturated rings. The molecule has 0 radical (unpaired) electrons. The molecule has 1 unspecified atom stereocenters. The number of carbonyl (C=O) groups is 1. The predicted molar refractivity (Wildman–Crippen MR) is 88.4 cm³/mol.